The summed E-state index contributed by atoms with van der Waals surface area (Å²) in [6, 6.07) is 3.46. The lowest BCUT2D eigenvalue weighted by atomic mass is 10.0. The van der Waals surface area contributed by atoms with Crippen LogP contribution in [0.2, 0.25) is 0 Å². The maximum absolute atomic E-state index is 12.0. The van der Waals surface area contributed by atoms with Gasteiger partial charge in [0.15, 0.2) is 0 Å². The second kappa shape index (κ2) is 8.34. The van der Waals surface area contributed by atoms with Gasteiger partial charge in [0.05, 0.1) is 12.2 Å². The number of anilines is 1. The number of rotatable bonds is 6. The molecule has 3 heterocycles. The number of hydrogen-bond acceptors (Lipinski definition) is 5. The van der Waals surface area contributed by atoms with Gasteiger partial charge in [-0.15, -0.1) is 0 Å². The monoisotopic (exact) mass is 374 g/mol. The molecule has 3 N–H and O–H groups in total. The van der Waals surface area contributed by atoms with Crippen molar-refractivity contribution in [1.29, 1.82) is 0 Å². The van der Waals surface area contributed by atoms with Crippen LogP contribution in [0.1, 0.15) is 44.8 Å². The molecule has 27 heavy (non-hydrogen) atoms. The lowest BCUT2D eigenvalue weighted by Gasteiger charge is -2.32. The highest BCUT2D eigenvalue weighted by atomic mass is 16.2. The van der Waals surface area contributed by atoms with Crippen molar-refractivity contribution in [3.63, 3.8) is 0 Å². The molecule has 0 unspecified atom stereocenters. The van der Waals surface area contributed by atoms with E-state index in [1.807, 2.05) is 24.6 Å². The predicted octanol–water partition coefficient (Wildman–Crippen LogP) is 1.08. The lowest BCUT2D eigenvalue weighted by molar-refractivity contribution is -0.116. The number of carbonyl (C=O) groups excluding carboxylic acids is 1. The highest BCUT2D eigenvalue weighted by molar-refractivity contribution is 5.89. The number of H-pyrrole nitrogens is 2. The van der Waals surface area contributed by atoms with Crippen molar-refractivity contribution in [3.05, 3.63) is 44.9 Å². The molecule has 0 spiro atoms. The predicted molar refractivity (Wildman–Crippen MR) is 102 cm³/mol. The maximum atomic E-state index is 12.0. The SMILES string of the molecule is CC(C)CC(=O)Nc1ccnn1C1CCN(Cc2cc(=O)[nH]c(=O)[nH]2)CC1. The third-order valence-electron chi connectivity index (χ3n) is 4.64. The summed E-state index contributed by atoms with van der Waals surface area (Å²) >= 11 is 0. The van der Waals surface area contributed by atoms with E-state index in [1.165, 1.54) is 6.07 Å². The molecule has 0 aliphatic carbocycles. The number of amides is 1. The molecule has 3 rings (SSSR count). The molecule has 1 aliphatic heterocycles. The first-order chi connectivity index (χ1) is 12.9. The van der Waals surface area contributed by atoms with E-state index in [0.29, 0.717) is 24.6 Å². The van der Waals surface area contributed by atoms with Gasteiger partial charge in [0, 0.05) is 43.9 Å². The van der Waals surface area contributed by atoms with E-state index in [2.05, 4.69) is 25.3 Å². The third-order valence-corrected chi connectivity index (χ3v) is 4.64. The van der Waals surface area contributed by atoms with E-state index in [9.17, 15) is 14.4 Å². The highest BCUT2D eigenvalue weighted by Crippen LogP contribution is 2.26. The zero-order valence-corrected chi connectivity index (χ0v) is 15.7. The first-order valence-corrected chi connectivity index (χ1v) is 9.29. The fraction of sp³-hybridized carbons (Fsp3) is 0.556. The molecule has 0 saturated carbocycles. The summed E-state index contributed by atoms with van der Waals surface area (Å²) in [5, 5.41) is 7.35. The summed E-state index contributed by atoms with van der Waals surface area (Å²) < 4.78 is 1.89. The van der Waals surface area contributed by atoms with Gasteiger partial charge in [0.25, 0.3) is 5.56 Å². The van der Waals surface area contributed by atoms with Crippen molar-refractivity contribution in [3.8, 4) is 0 Å². The average Bonchev–Trinajstić information content (AvgIpc) is 3.01. The minimum atomic E-state index is -0.481. The largest absolute Gasteiger partial charge is 0.325 e. The van der Waals surface area contributed by atoms with Crippen LogP contribution in [0.4, 0.5) is 5.82 Å². The number of piperidine rings is 1. The van der Waals surface area contributed by atoms with Crippen LogP contribution in [0.25, 0.3) is 0 Å². The topological polar surface area (TPSA) is 116 Å². The summed E-state index contributed by atoms with van der Waals surface area (Å²) in [4.78, 5) is 41.9. The quantitative estimate of drug-likeness (QED) is 0.700. The Morgan fingerprint density at radius 1 is 1.30 bits per heavy atom. The summed E-state index contributed by atoms with van der Waals surface area (Å²) in [7, 11) is 0. The Hall–Kier alpha value is -2.68. The highest BCUT2D eigenvalue weighted by Gasteiger charge is 2.23. The molecular weight excluding hydrogens is 348 g/mol. The molecule has 1 fully saturated rings. The van der Waals surface area contributed by atoms with Gasteiger partial charge in [-0.3, -0.25) is 19.5 Å². The summed E-state index contributed by atoms with van der Waals surface area (Å²) in [5.41, 5.74) is -0.254. The van der Waals surface area contributed by atoms with Gasteiger partial charge < -0.3 is 10.3 Å². The fourth-order valence-corrected chi connectivity index (χ4v) is 3.44. The number of aromatic nitrogens is 4. The molecule has 0 atom stereocenters. The molecule has 2 aromatic heterocycles. The molecular formula is C18H26N6O3. The van der Waals surface area contributed by atoms with E-state index >= 15 is 0 Å². The van der Waals surface area contributed by atoms with Crippen LogP contribution < -0.4 is 16.6 Å². The smallest absolute Gasteiger partial charge is 0.311 e. The Bertz CT molecular complexity index is 860. The zero-order valence-electron chi connectivity index (χ0n) is 15.7. The van der Waals surface area contributed by atoms with Gasteiger partial charge in [-0.25, -0.2) is 9.48 Å². The summed E-state index contributed by atoms with van der Waals surface area (Å²) in [6.45, 7) is 6.20. The second-order valence-corrected chi connectivity index (χ2v) is 7.43. The van der Waals surface area contributed by atoms with Gasteiger partial charge in [-0.1, -0.05) is 13.8 Å². The number of carbonyl (C=O) groups is 1. The Kier molecular flexibility index (Phi) is 5.90. The molecule has 0 radical (unpaired) electrons. The van der Waals surface area contributed by atoms with Crippen molar-refractivity contribution < 1.29 is 4.79 Å². The third kappa shape index (κ3) is 5.16. The first-order valence-electron chi connectivity index (χ1n) is 9.29. The van der Waals surface area contributed by atoms with Crippen LogP contribution >= 0.6 is 0 Å². The Balaban J connectivity index is 1.58. The standard InChI is InChI=1S/C18H26N6O3/c1-12(2)9-16(25)21-15-3-6-19-24(15)14-4-7-23(8-5-14)11-13-10-17(26)22-18(27)20-13/h3,6,10,12,14H,4-5,7-9,11H2,1-2H3,(H,21,25)(H2,20,22,26,27). The molecule has 1 saturated heterocycles. The van der Waals surface area contributed by atoms with Crippen LogP contribution in [0.5, 0.6) is 0 Å². The number of aromatic amines is 2. The number of hydrogen-bond donors (Lipinski definition) is 3. The molecule has 1 amide bonds. The van der Waals surface area contributed by atoms with Crippen LogP contribution in [0.3, 0.4) is 0 Å². The van der Waals surface area contributed by atoms with Crippen molar-refractivity contribution in [2.75, 3.05) is 18.4 Å². The Labute approximate surface area is 156 Å². The number of likely N-dealkylation sites (tertiary alicyclic amines) is 1. The Morgan fingerprint density at radius 2 is 2.04 bits per heavy atom. The minimum absolute atomic E-state index is 0.00226. The van der Waals surface area contributed by atoms with E-state index in [-0.39, 0.29) is 17.5 Å². The fourth-order valence-electron chi connectivity index (χ4n) is 3.44. The second-order valence-electron chi connectivity index (χ2n) is 7.43. The van der Waals surface area contributed by atoms with Crippen LogP contribution in [-0.2, 0) is 11.3 Å². The normalized spacial score (nSPS) is 16.0. The first kappa shape index (κ1) is 19.1. The van der Waals surface area contributed by atoms with Crippen molar-refractivity contribution in [2.45, 2.75) is 45.7 Å². The van der Waals surface area contributed by atoms with E-state index in [4.69, 9.17) is 0 Å². The van der Waals surface area contributed by atoms with Crippen molar-refractivity contribution in [2.24, 2.45) is 5.92 Å². The molecule has 2 aromatic rings. The molecule has 0 aromatic carbocycles. The minimum Gasteiger partial charge on any atom is -0.311 e. The summed E-state index contributed by atoms with van der Waals surface area (Å²) in [6.07, 6.45) is 3.95. The molecule has 0 bridgehead atoms. The zero-order chi connectivity index (χ0) is 19.4. The number of nitrogens with zero attached hydrogens (tertiary/aromatic N) is 3. The Morgan fingerprint density at radius 3 is 2.70 bits per heavy atom. The molecule has 1 aliphatic rings. The average molecular weight is 374 g/mol. The van der Waals surface area contributed by atoms with Crippen molar-refractivity contribution in [1.82, 2.24) is 24.6 Å². The van der Waals surface area contributed by atoms with E-state index in [0.717, 1.165) is 31.7 Å². The van der Waals surface area contributed by atoms with Crippen LogP contribution in [-0.4, -0.2) is 43.6 Å². The van der Waals surface area contributed by atoms with Gasteiger partial charge >= 0.3 is 5.69 Å². The van der Waals surface area contributed by atoms with Crippen LogP contribution in [0.15, 0.2) is 27.9 Å². The van der Waals surface area contributed by atoms with Gasteiger partial charge in [-0.2, -0.15) is 5.10 Å². The molecule has 146 valence electrons. The van der Waals surface area contributed by atoms with Gasteiger partial charge in [-0.05, 0) is 18.8 Å². The molecule has 9 heteroatoms. The van der Waals surface area contributed by atoms with E-state index in [1.54, 1.807) is 6.20 Å². The summed E-state index contributed by atoms with van der Waals surface area (Å²) in [5.74, 6) is 1.04. The van der Waals surface area contributed by atoms with Crippen molar-refractivity contribution >= 4 is 11.7 Å². The van der Waals surface area contributed by atoms with E-state index < -0.39 is 5.69 Å². The molecule has 9 nitrogen and oxygen atoms in total. The van der Waals surface area contributed by atoms with Gasteiger partial charge in [0.2, 0.25) is 5.91 Å². The lowest BCUT2D eigenvalue weighted by Crippen LogP contribution is -2.36. The maximum Gasteiger partial charge on any atom is 0.325 e. The van der Waals surface area contributed by atoms with Crippen LogP contribution in [0, 0.1) is 5.92 Å². The van der Waals surface area contributed by atoms with Gasteiger partial charge in [0.1, 0.15) is 5.82 Å². The number of nitrogens with one attached hydrogen (secondary N) is 3.